The van der Waals surface area contributed by atoms with Gasteiger partial charge in [-0.05, 0) is 38.0 Å². The van der Waals surface area contributed by atoms with Gasteiger partial charge in [-0.1, -0.05) is 0 Å². The molecule has 1 atom stereocenters. The second-order valence-corrected chi connectivity index (χ2v) is 5.38. The monoisotopic (exact) mass is 254 g/mol. The molecule has 102 valence electrons. The van der Waals surface area contributed by atoms with Crippen LogP contribution in [0.4, 0.5) is 4.79 Å². The van der Waals surface area contributed by atoms with Crippen molar-refractivity contribution in [1.29, 1.82) is 0 Å². The summed E-state index contributed by atoms with van der Waals surface area (Å²) in [6, 6.07) is 0.116. The summed E-state index contributed by atoms with van der Waals surface area (Å²) in [4.78, 5) is 26.8. The third-order valence-corrected chi connectivity index (χ3v) is 3.88. The van der Waals surface area contributed by atoms with Crippen LogP contribution in [-0.4, -0.2) is 53.1 Å². The van der Waals surface area contributed by atoms with E-state index in [0.29, 0.717) is 6.54 Å². The number of carbonyl (C=O) groups is 2. The smallest absolute Gasteiger partial charge is 0.320 e. The Bertz CT molecular complexity index is 313. The zero-order valence-corrected chi connectivity index (χ0v) is 10.8. The topological polar surface area (TPSA) is 60.9 Å². The van der Waals surface area contributed by atoms with Crippen LogP contribution in [0.2, 0.25) is 0 Å². The molecule has 0 saturated carbocycles. The molecule has 2 saturated heterocycles. The fourth-order valence-corrected chi connectivity index (χ4v) is 2.94. The number of rotatable bonds is 2. The zero-order chi connectivity index (χ0) is 13.0. The molecular formula is C13H22N2O3. The van der Waals surface area contributed by atoms with Crippen LogP contribution in [0.3, 0.4) is 0 Å². The predicted octanol–water partition coefficient (Wildman–Crippen LogP) is 1.78. The summed E-state index contributed by atoms with van der Waals surface area (Å²) in [5.41, 5.74) is 0. The number of carboxylic acid groups (broad SMARTS) is 1. The molecular weight excluding hydrogens is 232 g/mol. The van der Waals surface area contributed by atoms with Gasteiger partial charge in [0.15, 0.2) is 0 Å². The van der Waals surface area contributed by atoms with Gasteiger partial charge in [0, 0.05) is 32.6 Å². The van der Waals surface area contributed by atoms with Crippen LogP contribution < -0.4 is 0 Å². The average Bonchev–Trinajstić information content (AvgIpc) is 2.38. The number of carbonyl (C=O) groups excluding carboxylic acids is 1. The summed E-state index contributed by atoms with van der Waals surface area (Å²) >= 11 is 0. The minimum absolute atomic E-state index is 0.116. The lowest BCUT2D eigenvalue weighted by atomic mass is 9.95. The van der Waals surface area contributed by atoms with Crippen molar-refractivity contribution >= 4 is 12.0 Å². The van der Waals surface area contributed by atoms with Crippen molar-refractivity contribution in [3.05, 3.63) is 0 Å². The second-order valence-electron chi connectivity index (χ2n) is 5.38. The third-order valence-electron chi connectivity index (χ3n) is 3.88. The van der Waals surface area contributed by atoms with Gasteiger partial charge < -0.3 is 14.9 Å². The number of nitrogens with zero attached hydrogens (tertiary/aromatic N) is 2. The Balaban J connectivity index is 1.87. The lowest BCUT2D eigenvalue weighted by Crippen LogP contribution is -2.49. The summed E-state index contributed by atoms with van der Waals surface area (Å²) in [6.45, 7) is 3.12. The Morgan fingerprint density at radius 3 is 2.33 bits per heavy atom. The van der Waals surface area contributed by atoms with Crippen LogP contribution in [0, 0.1) is 5.92 Å². The van der Waals surface area contributed by atoms with E-state index >= 15 is 0 Å². The summed E-state index contributed by atoms with van der Waals surface area (Å²) in [6.07, 6.45) is 5.44. The van der Waals surface area contributed by atoms with E-state index in [9.17, 15) is 9.59 Å². The van der Waals surface area contributed by atoms with Gasteiger partial charge >= 0.3 is 12.0 Å². The molecule has 2 amide bonds. The SMILES string of the molecule is O=C(O)CC1CCCN(C(=O)N2CCCCC2)C1. The second kappa shape index (κ2) is 6.07. The summed E-state index contributed by atoms with van der Waals surface area (Å²) in [7, 11) is 0. The summed E-state index contributed by atoms with van der Waals surface area (Å²) < 4.78 is 0. The highest BCUT2D eigenvalue weighted by Crippen LogP contribution is 2.21. The van der Waals surface area contributed by atoms with Crippen molar-refractivity contribution < 1.29 is 14.7 Å². The number of aliphatic carboxylic acids is 1. The average molecular weight is 254 g/mol. The fourth-order valence-electron chi connectivity index (χ4n) is 2.94. The Morgan fingerprint density at radius 2 is 1.67 bits per heavy atom. The number of amides is 2. The van der Waals surface area contributed by atoms with E-state index in [1.54, 1.807) is 0 Å². The van der Waals surface area contributed by atoms with Crippen LogP contribution in [0.5, 0.6) is 0 Å². The van der Waals surface area contributed by atoms with E-state index in [0.717, 1.165) is 45.3 Å². The Hall–Kier alpha value is -1.26. The normalized spacial score (nSPS) is 25.0. The number of hydrogen-bond donors (Lipinski definition) is 1. The maximum absolute atomic E-state index is 12.3. The molecule has 2 aliphatic rings. The largest absolute Gasteiger partial charge is 0.481 e. The van der Waals surface area contributed by atoms with Gasteiger partial charge in [0.1, 0.15) is 0 Å². The molecule has 0 aliphatic carbocycles. The van der Waals surface area contributed by atoms with E-state index in [1.165, 1.54) is 6.42 Å². The highest BCUT2D eigenvalue weighted by molar-refractivity contribution is 5.75. The molecule has 5 heteroatoms. The van der Waals surface area contributed by atoms with E-state index in [4.69, 9.17) is 5.11 Å². The number of carboxylic acids is 1. The number of hydrogen-bond acceptors (Lipinski definition) is 2. The first kappa shape index (κ1) is 13.2. The summed E-state index contributed by atoms with van der Waals surface area (Å²) in [5.74, 6) is -0.628. The van der Waals surface area contributed by atoms with Crippen molar-refractivity contribution in [3.8, 4) is 0 Å². The molecule has 0 spiro atoms. The molecule has 2 aliphatic heterocycles. The molecule has 18 heavy (non-hydrogen) atoms. The van der Waals surface area contributed by atoms with Crippen LogP contribution in [0.15, 0.2) is 0 Å². The quantitative estimate of drug-likeness (QED) is 0.817. The first-order chi connectivity index (χ1) is 8.66. The van der Waals surface area contributed by atoms with E-state index in [2.05, 4.69) is 0 Å². The van der Waals surface area contributed by atoms with Crippen molar-refractivity contribution in [3.63, 3.8) is 0 Å². The minimum atomic E-state index is -0.757. The highest BCUT2D eigenvalue weighted by Gasteiger charge is 2.28. The Labute approximate surface area is 108 Å². The first-order valence-corrected chi connectivity index (χ1v) is 6.92. The lowest BCUT2D eigenvalue weighted by molar-refractivity contribution is -0.138. The van der Waals surface area contributed by atoms with Crippen molar-refractivity contribution in [2.24, 2.45) is 5.92 Å². The van der Waals surface area contributed by atoms with Crippen molar-refractivity contribution in [1.82, 2.24) is 9.80 Å². The maximum atomic E-state index is 12.3. The number of likely N-dealkylation sites (tertiary alicyclic amines) is 2. The van der Waals surface area contributed by atoms with Crippen LogP contribution >= 0.6 is 0 Å². The molecule has 0 radical (unpaired) electrons. The zero-order valence-electron chi connectivity index (χ0n) is 10.8. The Morgan fingerprint density at radius 1 is 1.00 bits per heavy atom. The minimum Gasteiger partial charge on any atom is -0.481 e. The molecule has 2 heterocycles. The summed E-state index contributed by atoms with van der Waals surface area (Å²) in [5, 5.41) is 8.83. The van der Waals surface area contributed by atoms with Crippen LogP contribution in [0.1, 0.15) is 38.5 Å². The highest BCUT2D eigenvalue weighted by atomic mass is 16.4. The maximum Gasteiger partial charge on any atom is 0.320 e. The third kappa shape index (κ3) is 3.37. The van der Waals surface area contributed by atoms with Gasteiger partial charge in [0.05, 0.1) is 0 Å². The molecule has 2 fully saturated rings. The van der Waals surface area contributed by atoms with Crippen molar-refractivity contribution in [2.45, 2.75) is 38.5 Å². The van der Waals surface area contributed by atoms with Gasteiger partial charge in [-0.15, -0.1) is 0 Å². The molecule has 2 rings (SSSR count). The van der Waals surface area contributed by atoms with Crippen molar-refractivity contribution in [2.75, 3.05) is 26.2 Å². The number of urea groups is 1. The fraction of sp³-hybridized carbons (Fsp3) is 0.846. The molecule has 0 aromatic rings. The first-order valence-electron chi connectivity index (χ1n) is 6.92. The van der Waals surface area contributed by atoms with Gasteiger partial charge in [0.25, 0.3) is 0 Å². The van der Waals surface area contributed by atoms with E-state index in [1.807, 2.05) is 9.80 Å². The lowest BCUT2D eigenvalue weighted by Gasteiger charge is -2.37. The van der Waals surface area contributed by atoms with Crippen LogP contribution in [-0.2, 0) is 4.79 Å². The standard InChI is InChI=1S/C13H22N2O3/c16-12(17)9-11-5-4-8-15(10-11)13(18)14-6-2-1-3-7-14/h11H,1-10H2,(H,16,17). The van der Waals surface area contributed by atoms with Crippen LogP contribution in [0.25, 0.3) is 0 Å². The molecule has 0 aromatic heterocycles. The van der Waals surface area contributed by atoms with Gasteiger partial charge in [0.2, 0.25) is 0 Å². The molecule has 0 aromatic carbocycles. The number of piperidine rings is 2. The van der Waals surface area contributed by atoms with E-state index < -0.39 is 5.97 Å². The molecule has 1 N–H and O–H groups in total. The predicted molar refractivity (Wildman–Crippen MR) is 67.4 cm³/mol. The van der Waals surface area contributed by atoms with E-state index in [-0.39, 0.29) is 18.4 Å². The van der Waals surface area contributed by atoms with Gasteiger partial charge in [-0.3, -0.25) is 4.79 Å². The Kier molecular flexibility index (Phi) is 4.44. The molecule has 0 bridgehead atoms. The molecule has 5 nitrogen and oxygen atoms in total. The van der Waals surface area contributed by atoms with Gasteiger partial charge in [-0.2, -0.15) is 0 Å². The van der Waals surface area contributed by atoms with Gasteiger partial charge in [-0.25, -0.2) is 4.79 Å². The molecule has 1 unspecified atom stereocenters.